The first-order valence-electron chi connectivity index (χ1n) is 8.70. The summed E-state index contributed by atoms with van der Waals surface area (Å²) in [6.45, 7) is 9.33. The standard InChI is InChI=1S/C17H34N2O/c1-3-18-14-17(9-6-4-5-7-10-17)15-19-11-8-16(12-19)13-20-2/h16,18H,3-15H2,1-2H3. The Morgan fingerprint density at radius 2 is 1.95 bits per heavy atom. The van der Waals surface area contributed by atoms with Gasteiger partial charge in [-0.05, 0) is 43.7 Å². The van der Waals surface area contributed by atoms with E-state index in [1.165, 1.54) is 71.1 Å². The van der Waals surface area contributed by atoms with Crippen LogP contribution in [0, 0.1) is 11.3 Å². The first kappa shape index (κ1) is 16.3. The van der Waals surface area contributed by atoms with Crippen LogP contribution >= 0.6 is 0 Å². The van der Waals surface area contributed by atoms with Crippen molar-refractivity contribution in [3.63, 3.8) is 0 Å². The van der Waals surface area contributed by atoms with Crippen molar-refractivity contribution in [2.45, 2.75) is 51.9 Å². The Hall–Kier alpha value is -0.120. The molecule has 1 heterocycles. The van der Waals surface area contributed by atoms with Gasteiger partial charge < -0.3 is 15.0 Å². The summed E-state index contributed by atoms with van der Waals surface area (Å²) in [6.07, 6.45) is 9.92. The highest BCUT2D eigenvalue weighted by atomic mass is 16.5. The molecular weight excluding hydrogens is 248 g/mol. The van der Waals surface area contributed by atoms with Crippen molar-refractivity contribution in [1.29, 1.82) is 0 Å². The maximum Gasteiger partial charge on any atom is 0.0503 e. The zero-order valence-electron chi connectivity index (χ0n) is 13.6. The smallest absolute Gasteiger partial charge is 0.0503 e. The highest BCUT2D eigenvalue weighted by Crippen LogP contribution is 2.36. The summed E-state index contributed by atoms with van der Waals surface area (Å²) >= 11 is 0. The van der Waals surface area contributed by atoms with E-state index in [1.54, 1.807) is 0 Å². The van der Waals surface area contributed by atoms with Gasteiger partial charge in [-0.15, -0.1) is 0 Å². The van der Waals surface area contributed by atoms with Gasteiger partial charge in [0.25, 0.3) is 0 Å². The zero-order chi connectivity index (χ0) is 14.3. The highest BCUT2D eigenvalue weighted by molar-refractivity contribution is 4.89. The van der Waals surface area contributed by atoms with E-state index in [0.717, 1.165) is 19.1 Å². The van der Waals surface area contributed by atoms with Crippen LogP contribution in [0.2, 0.25) is 0 Å². The molecule has 118 valence electrons. The van der Waals surface area contributed by atoms with E-state index < -0.39 is 0 Å². The van der Waals surface area contributed by atoms with Gasteiger partial charge >= 0.3 is 0 Å². The van der Waals surface area contributed by atoms with Gasteiger partial charge in [-0.25, -0.2) is 0 Å². The van der Waals surface area contributed by atoms with Crippen LogP contribution < -0.4 is 5.32 Å². The van der Waals surface area contributed by atoms with E-state index in [0.29, 0.717) is 5.41 Å². The normalized spacial score (nSPS) is 27.6. The molecule has 1 aliphatic heterocycles. The Labute approximate surface area is 125 Å². The summed E-state index contributed by atoms with van der Waals surface area (Å²) in [4.78, 5) is 2.71. The fourth-order valence-electron chi connectivity index (χ4n) is 4.16. The molecule has 0 amide bonds. The average Bonchev–Trinajstić information content (AvgIpc) is 2.74. The van der Waals surface area contributed by atoms with E-state index in [2.05, 4.69) is 17.1 Å². The molecule has 20 heavy (non-hydrogen) atoms. The molecule has 2 aliphatic rings. The van der Waals surface area contributed by atoms with Crippen LogP contribution in [-0.4, -0.2) is 51.3 Å². The molecule has 1 atom stereocenters. The summed E-state index contributed by atoms with van der Waals surface area (Å²) in [5.41, 5.74) is 0.536. The molecule has 0 bridgehead atoms. The minimum absolute atomic E-state index is 0.536. The van der Waals surface area contributed by atoms with Crippen molar-refractivity contribution in [2.75, 3.05) is 46.4 Å². The minimum Gasteiger partial charge on any atom is -0.384 e. The molecule has 1 N–H and O–H groups in total. The van der Waals surface area contributed by atoms with Gasteiger partial charge in [0, 0.05) is 26.7 Å². The maximum absolute atomic E-state index is 5.34. The van der Waals surface area contributed by atoms with Gasteiger partial charge in [0.2, 0.25) is 0 Å². The summed E-state index contributed by atoms with van der Waals surface area (Å²) < 4.78 is 5.34. The minimum atomic E-state index is 0.536. The van der Waals surface area contributed by atoms with Crippen molar-refractivity contribution in [3.8, 4) is 0 Å². The molecule has 1 unspecified atom stereocenters. The van der Waals surface area contributed by atoms with E-state index in [1.807, 2.05) is 7.11 Å². The summed E-state index contributed by atoms with van der Waals surface area (Å²) in [5, 5.41) is 3.65. The Kier molecular flexibility index (Phi) is 6.79. The zero-order valence-corrected chi connectivity index (χ0v) is 13.6. The lowest BCUT2D eigenvalue weighted by Gasteiger charge is -2.37. The van der Waals surface area contributed by atoms with Gasteiger partial charge in [-0.1, -0.05) is 32.6 Å². The van der Waals surface area contributed by atoms with Crippen molar-refractivity contribution in [2.24, 2.45) is 11.3 Å². The molecular formula is C17H34N2O. The van der Waals surface area contributed by atoms with Gasteiger partial charge in [0.15, 0.2) is 0 Å². The predicted molar refractivity (Wildman–Crippen MR) is 85.1 cm³/mol. The lowest BCUT2D eigenvalue weighted by molar-refractivity contribution is 0.126. The van der Waals surface area contributed by atoms with E-state index in [9.17, 15) is 0 Å². The molecule has 0 aromatic heterocycles. The molecule has 2 rings (SSSR count). The Morgan fingerprint density at radius 1 is 1.20 bits per heavy atom. The van der Waals surface area contributed by atoms with Crippen LogP contribution in [0.4, 0.5) is 0 Å². The molecule has 1 saturated carbocycles. The number of hydrogen-bond donors (Lipinski definition) is 1. The summed E-state index contributed by atoms with van der Waals surface area (Å²) in [6, 6.07) is 0. The van der Waals surface area contributed by atoms with Gasteiger partial charge in [0.05, 0.1) is 6.61 Å². The third-order valence-electron chi connectivity index (χ3n) is 5.25. The second-order valence-corrected chi connectivity index (χ2v) is 7.04. The largest absolute Gasteiger partial charge is 0.384 e. The van der Waals surface area contributed by atoms with E-state index in [-0.39, 0.29) is 0 Å². The van der Waals surface area contributed by atoms with Gasteiger partial charge in [0.1, 0.15) is 0 Å². The Balaban J connectivity index is 1.89. The predicted octanol–water partition coefficient (Wildman–Crippen LogP) is 2.90. The fraction of sp³-hybridized carbons (Fsp3) is 1.00. The lowest BCUT2D eigenvalue weighted by Crippen LogP contribution is -2.43. The van der Waals surface area contributed by atoms with Gasteiger partial charge in [-0.2, -0.15) is 0 Å². The number of nitrogens with one attached hydrogen (secondary N) is 1. The molecule has 3 heteroatoms. The molecule has 0 aromatic rings. The van der Waals surface area contributed by atoms with Crippen LogP contribution in [0.15, 0.2) is 0 Å². The molecule has 0 aromatic carbocycles. The second kappa shape index (κ2) is 8.35. The second-order valence-electron chi connectivity index (χ2n) is 7.04. The molecule has 2 fully saturated rings. The van der Waals surface area contributed by atoms with Crippen molar-refractivity contribution in [1.82, 2.24) is 10.2 Å². The molecule has 1 saturated heterocycles. The number of likely N-dealkylation sites (tertiary alicyclic amines) is 1. The van der Waals surface area contributed by atoms with Gasteiger partial charge in [-0.3, -0.25) is 0 Å². The van der Waals surface area contributed by atoms with Crippen molar-refractivity contribution < 1.29 is 4.74 Å². The molecule has 0 radical (unpaired) electrons. The molecule has 0 spiro atoms. The van der Waals surface area contributed by atoms with Crippen LogP contribution in [0.25, 0.3) is 0 Å². The van der Waals surface area contributed by atoms with Crippen LogP contribution in [0.3, 0.4) is 0 Å². The SMILES string of the molecule is CCNCC1(CN2CCC(COC)C2)CCCCCC1. The van der Waals surface area contributed by atoms with Crippen molar-refractivity contribution >= 4 is 0 Å². The highest BCUT2D eigenvalue weighted by Gasteiger charge is 2.34. The topological polar surface area (TPSA) is 24.5 Å². The summed E-state index contributed by atoms with van der Waals surface area (Å²) in [7, 11) is 1.83. The first-order valence-corrected chi connectivity index (χ1v) is 8.70. The third kappa shape index (κ3) is 4.71. The quantitative estimate of drug-likeness (QED) is 0.727. The fourth-order valence-corrected chi connectivity index (χ4v) is 4.16. The molecule has 1 aliphatic carbocycles. The summed E-state index contributed by atoms with van der Waals surface area (Å²) in [5.74, 6) is 0.766. The number of methoxy groups -OCH3 is 1. The van der Waals surface area contributed by atoms with Crippen LogP contribution in [-0.2, 0) is 4.74 Å². The average molecular weight is 282 g/mol. The third-order valence-corrected chi connectivity index (χ3v) is 5.25. The lowest BCUT2D eigenvalue weighted by atomic mass is 9.79. The van der Waals surface area contributed by atoms with E-state index >= 15 is 0 Å². The van der Waals surface area contributed by atoms with Crippen LogP contribution in [0.1, 0.15) is 51.9 Å². The van der Waals surface area contributed by atoms with E-state index in [4.69, 9.17) is 4.74 Å². The Morgan fingerprint density at radius 3 is 2.60 bits per heavy atom. The Bertz CT molecular complexity index is 262. The number of rotatable bonds is 7. The molecule has 3 nitrogen and oxygen atoms in total. The number of ether oxygens (including phenoxy) is 1. The number of hydrogen-bond acceptors (Lipinski definition) is 3. The number of nitrogens with zero attached hydrogens (tertiary/aromatic N) is 1. The van der Waals surface area contributed by atoms with Crippen LogP contribution in [0.5, 0.6) is 0 Å². The first-order chi connectivity index (χ1) is 9.78. The maximum atomic E-state index is 5.34. The van der Waals surface area contributed by atoms with Crippen molar-refractivity contribution in [3.05, 3.63) is 0 Å². The monoisotopic (exact) mass is 282 g/mol.